The third-order valence-corrected chi connectivity index (χ3v) is 5.00. The molecule has 0 fully saturated rings. The van der Waals surface area contributed by atoms with Crippen LogP contribution in [0.15, 0.2) is 46.9 Å². The quantitative estimate of drug-likeness (QED) is 0.426. The standard InChI is InChI=1S/C16H10BrClN2/c1-20-13-5-3-2-4-9(13)8-12-16(20)14-11(19-12)7-6-10(17)15(14)18/h2-8H,1H3. The van der Waals surface area contributed by atoms with Crippen LogP contribution in [0.1, 0.15) is 0 Å². The SMILES string of the molecule is Cn1c2c3c(Cl)c(Br)ccc3nc-2cc2ccccc21. The lowest BCUT2D eigenvalue weighted by Crippen LogP contribution is -1.98. The fraction of sp³-hybridized carbons (Fsp3) is 0.0625. The van der Waals surface area contributed by atoms with Crippen LogP contribution in [0.25, 0.3) is 33.2 Å². The zero-order chi connectivity index (χ0) is 13.9. The summed E-state index contributed by atoms with van der Waals surface area (Å²) in [7, 11) is 2.06. The Labute approximate surface area is 129 Å². The molecular weight excluding hydrogens is 336 g/mol. The number of halogens is 2. The van der Waals surface area contributed by atoms with Gasteiger partial charge < -0.3 is 4.57 Å². The average molecular weight is 346 g/mol. The van der Waals surface area contributed by atoms with Crippen molar-refractivity contribution >= 4 is 49.3 Å². The number of hydrogen-bond acceptors (Lipinski definition) is 1. The molecule has 98 valence electrons. The first-order chi connectivity index (χ1) is 9.66. The summed E-state index contributed by atoms with van der Waals surface area (Å²) >= 11 is 9.96. The number of fused-ring (bicyclic) bond motifs is 4. The Hall–Kier alpha value is -1.58. The summed E-state index contributed by atoms with van der Waals surface area (Å²) in [6.45, 7) is 0. The molecule has 0 spiro atoms. The van der Waals surface area contributed by atoms with Gasteiger partial charge in [-0.1, -0.05) is 29.8 Å². The first-order valence-electron chi connectivity index (χ1n) is 6.28. The molecule has 4 rings (SSSR count). The predicted molar refractivity (Wildman–Crippen MR) is 87.6 cm³/mol. The summed E-state index contributed by atoms with van der Waals surface area (Å²) in [5, 5.41) is 2.90. The first kappa shape index (κ1) is 12.2. The van der Waals surface area contributed by atoms with Crippen molar-refractivity contribution in [1.82, 2.24) is 9.55 Å². The van der Waals surface area contributed by atoms with Gasteiger partial charge in [0.1, 0.15) is 0 Å². The Balaban J connectivity index is 2.30. The molecule has 2 nitrogen and oxygen atoms in total. The molecule has 0 N–H and O–H groups in total. The second-order valence-electron chi connectivity index (χ2n) is 4.86. The van der Waals surface area contributed by atoms with Crippen LogP contribution in [0.3, 0.4) is 0 Å². The van der Waals surface area contributed by atoms with Crippen molar-refractivity contribution in [2.24, 2.45) is 7.05 Å². The minimum Gasteiger partial charge on any atom is -0.342 e. The highest BCUT2D eigenvalue weighted by atomic mass is 79.9. The van der Waals surface area contributed by atoms with Crippen molar-refractivity contribution < 1.29 is 0 Å². The average Bonchev–Trinajstić information content (AvgIpc) is 2.82. The number of aryl methyl sites for hydroxylation is 1. The Morgan fingerprint density at radius 3 is 2.80 bits per heavy atom. The molecule has 0 atom stereocenters. The molecule has 2 aromatic rings. The van der Waals surface area contributed by atoms with E-state index in [1.807, 2.05) is 24.3 Å². The topological polar surface area (TPSA) is 17.8 Å². The van der Waals surface area contributed by atoms with Crippen LogP contribution in [0.2, 0.25) is 5.02 Å². The fourth-order valence-corrected chi connectivity index (χ4v) is 3.37. The van der Waals surface area contributed by atoms with E-state index in [4.69, 9.17) is 16.6 Å². The van der Waals surface area contributed by atoms with Crippen LogP contribution < -0.4 is 0 Å². The predicted octanol–water partition coefficient (Wildman–Crippen LogP) is 5.25. The summed E-state index contributed by atoms with van der Waals surface area (Å²) < 4.78 is 3.06. The van der Waals surface area contributed by atoms with E-state index < -0.39 is 0 Å². The van der Waals surface area contributed by atoms with E-state index in [1.54, 1.807) is 0 Å². The molecule has 0 aromatic heterocycles. The van der Waals surface area contributed by atoms with Gasteiger partial charge in [-0.05, 0) is 40.2 Å². The number of rotatable bonds is 0. The fourth-order valence-electron chi connectivity index (χ4n) is 2.79. The minimum absolute atomic E-state index is 0.718. The van der Waals surface area contributed by atoms with Crippen molar-refractivity contribution in [2.45, 2.75) is 0 Å². The van der Waals surface area contributed by atoms with Crippen molar-refractivity contribution in [3.63, 3.8) is 0 Å². The van der Waals surface area contributed by atoms with Crippen molar-refractivity contribution in [3.8, 4) is 11.4 Å². The molecule has 2 heterocycles. The molecule has 20 heavy (non-hydrogen) atoms. The van der Waals surface area contributed by atoms with Crippen LogP contribution in [-0.4, -0.2) is 9.55 Å². The third-order valence-electron chi connectivity index (χ3n) is 3.72. The van der Waals surface area contributed by atoms with Crippen LogP contribution >= 0.6 is 27.5 Å². The van der Waals surface area contributed by atoms with Gasteiger partial charge in [-0.25, -0.2) is 4.98 Å². The molecule has 0 aliphatic carbocycles. The molecule has 0 saturated heterocycles. The Bertz CT molecular complexity index is 942. The molecule has 2 aliphatic heterocycles. The number of aromatic nitrogens is 2. The zero-order valence-electron chi connectivity index (χ0n) is 10.7. The van der Waals surface area contributed by atoms with E-state index in [0.717, 1.165) is 31.8 Å². The Morgan fingerprint density at radius 2 is 1.95 bits per heavy atom. The minimum atomic E-state index is 0.718. The molecule has 0 radical (unpaired) electrons. The number of hydrogen-bond donors (Lipinski definition) is 0. The second kappa shape index (κ2) is 4.21. The maximum atomic E-state index is 6.47. The molecular formula is C16H10BrClN2. The molecule has 0 bridgehead atoms. The van der Waals surface area contributed by atoms with Gasteiger partial charge in [0.25, 0.3) is 0 Å². The first-order valence-corrected chi connectivity index (χ1v) is 7.46. The monoisotopic (exact) mass is 344 g/mol. The number of para-hydroxylation sites is 1. The number of benzene rings is 2. The summed E-state index contributed by atoms with van der Waals surface area (Å²) in [6.07, 6.45) is 0. The van der Waals surface area contributed by atoms with Gasteiger partial charge in [0.05, 0.1) is 21.9 Å². The molecule has 2 aliphatic rings. The highest BCUT2D eigenvalue weighted by molar-refractivity contribution is 9.10. The Kier molecular flexibility index (Phi) is 2.56. The highest BCUT2D eigenvalue weighted by Gasteiger charge is 2.19. The van der Waals surface area contributed by atoms with Crippen LogP contribution in [0, 0.1) is 0 Å². The summed E-state index contributed by atoms with van der Waals surface area (Å²) in [5.41, 5.74) is 4.15. The van der Waals surface area contributed by atoms with Gasteiger partial charge >= 0.3 is 0 Å². The van der Waals surface area contributed by atoms with Crippen molar-refractivity contribution in [2.75, 3.05) is 0 Å². The lowest BCUT2D eigenvalue weighted by atomic mass is 10.1. The maximum Gasteiger partial charge on any atom is 0.0888 e. The second-order valence-corrected chi connectivity index (χ2v) is 6.10. The molecule has 4 heteroatoms. The van der Waals surface area contributed by atoms with E-state index in [-0.39, 0.29) is 0 Å². The summed E-state index contributed by atoms with van der Waals surface area (Å²) in [4.78, 5) is 4.70. The highest BCUT2D eigenvalue weighted by Crippen LogP contribution is 2.40. The number of pyridine rings is 1. The largest absolute Gasteiger partial charge is 0.342 e. The van der Waals surface area contributed by atoms with Gasteiger partial charge in [0, 0.05) is 27.8 Å². The van der Waals surface area contributed by atoms with E-state index in [0.29, 0.717) is 0 Å². The van der Waals surface area contributed by atoms with Gasteiger partial charge in [0.15, 0.2) is 0 Å². The van der Waals surface area contributed by atoms with Gasteiger partial charge in [-0.15, -0.1) is 0 Å². The lowest BCUT2D eigenvalue weighted by Gasteiger charge is -2.12. The summed E-state index contributed by atoms with van der Waals surface area (Å²) in [5.74, 6) is 0. The molecule has 0 saturated carbocycles. The third kappa shape index (κ3) is 1.54. The van der Waals surface area contributed by atoms with E-state index in [9.17, 15) is 0 Å². The normalized spacial score (nSPS) is 11.8. The van der Waals surface area contributed by atoms with Crippen molar-refractivity contribution in [3.05, 3.63) is 52.0 Å². The smallest absolute Gasteiger partial charge is 0.0888 e. The van der Waals surface area contributed by atoms with Crippen molar-refractivity contribution in [1.29, 1.82) is 0 Å². The van der Waals surface area contributed by atoms with Crippen LogP contribution in [0.4, 0.5) is 0 Å². The molecule has 2 aromatic carbocycles. The van der Waals surface area contributed by atoms with Gasteiger partial charge in [-0.2, -0.15) is 0 Å². The number of nitrogens with zero attached hydrogens (tertiary/aromatic N) is 2. The molecule has 0 unspecified atom stereocenters. The Morgan fingerprint density at radius 1 is 1.15 bits per heavy atom. The van der Waals surface area contributed by atoms with Gasteiger partial charge in [-0.3, -0.25) is 0 Å². The maximum absolute atomic E-state index is 6.47. The van der Waals surface area contributed by atoms with Gasteiger partial charge in [0.2, 0.25) is 0 Å². The van der Waals surface area contributed by atoms with E-state index in [2.05, 4.69) is 45.7 Å². The molecule has 0 amide bonds. The van der Waals surface area contributed by atoms with Crippen LogP contribution in [0.5, 0.6) is 0 Å². The zero-order valence-corrected chi connectivity index (χ0v) is 13.0. The van der Waals surface area contributed by atoms with E-state index >= 15 is 0 Å². The van der Waals surface area contributed by atoms with E-state index in [1.165, 1.54) is 10.9 Å². The summed E-state index contributed by atoms with van der Waals surface area (Å²) in [6, 6.07) is 14.4. The van der Waals surface area contributed by atoms with Crippen LogP contribution in [-0.2, 0) is 7.05 Å². The lowest BCUT2D eigenvalue weighted by molar-refractivity contribution is 0.967.